The van der Waals surface area contributed by atoms with E-state index in [1.165, 1.54) is 48.5 Å². The minimum atomic E-state index is -1.83. The van der Waals surface area contributed by atoms with Crippen LogP contribution in [0.5, 0.6) is 40.2 Å². The first-order valence-corrected chi connectivity index (χ1v) is 13.0. The van der Waals surface area contributed by atoms with Gasteiger partial charge in [-0.05, 0) is 35.9 Å². The van der Waals surface area contributed by atoms with Crippen molar-refractivity contribution in [3.05, 3.63) is 66.2 Å². The average Bonchev–Trinajstić information content (AvgIpc) is 2.98. The van der Waals surface area contributed by atoms with Crippen LogP contribution in [0.1, 0.15) is 5.56 Å². The molecule has 0 unspecified atom stereocenters. The van der Waals surface area contributed by atoms with Crippen LogP contribution in [0.15, 0.2) is 65.1 Å². The smallest absolute Gasteiger partial charge is 0.402 e. The van der Waals surface area contributed by atoms with E-state index in [2.05, 4.69) is 0 Å². The maximum atomic E-state index is 12.3. The SMILES string of the molecule is O=C(/C=C/c1ccc(O)c(O)c1)OC[C@H]1O[C@@H](Oc2cc3c(O)cc(O)cc3[o+]c2-c2ccc(O)c(O)c2)[C@H](O)[C@@H](O)[C@@H]1O. The number of aliphatic hydroxyl groups is 3. The molecule has 5 rings (SSSR count). The molecule has 0 radical (unpaired) electrons. The first kappa shape index (κ1) is 30.2. The Morgan fingerprint density at radius 2 is 1.50 bits per heavy atom. The van der Waals surface area contributed by atoms with Gasteiger partial charge in [-0.25, -0.2) is 9.21 Å². The molecule has 0 bridgehead atoms. The zero-order chi connectivity index (χ0) is 31.7. The summed E-state index contributed by atoms with van der Waals surface area (Å²) in [6.45, 7) is -0.588. The molecule has 0 aliphatic carbocycles. The molecule has 1 saturated heterocycles. The highest BCUT2D eigenvalue weighted by atomic mass is 16.7. The lowest BCUT2D eigenvalue weighted by atomic mass is 9.99. The second-order valence-corrected chi connectivity index (χ2v) is 9.86. The van der Waals surface area contributed by atoms with Crippen molar-refractivity contribution >= 4 is 23.0 Å². The minimum absolute atomic E-state index is 0.00153. The monoisotopic (exact) mass is 611 g/mol. The second-order valence-electron chi connectivity index (χ2n) is 9.86. The summed E-state index contributed by atoms with van der Waals surface area (Å²) in [5.74, 6) is -3.55. The third-order valence-corrected chi connectivity index (χ3v) is 6.77. The quantitative estimate of drug-likeness (QED) is 0.0629. The fourth-order valence-corrected chi connectivity index (χ4v) is 4.44. The van der Waals surface area contributed by atoms with Gasteiger partial charge < -0.3 is 60.2 Å². The molecule has 4 aromatic rings. The summed E-state index contributed by atoms with van der Waals surface area (Å²) in [6, 6.07) is 11.1. The van der Waals surface area contributed by atoms with E-state index >= 15 is 0 Å². The summed E-state index contributed by atoms with van der Waals surface area (Å²) in [6.07, 6.45) is -6.13. The van der Waals surface area contributed by atoms with Crippen molar-refractivity contribution in [1.82, 2.24) is 0 Å². The van der Waals surface area contributed by atoms with Crippen LogP contribution in [0.4, 0.5) is 0 Å². The van der Waals surface area contributed by atoms with Crippen molar-refractivity contribution in [2.75, 3.05) is 6.61 Å². The summed E-state index contributed by atoms with van der Waals surface area (Å²) < 4.78 is 22.5. The van der Waals surface area contributed by atoms with E-state index in [0.29, 0.717) is 5.56 Å². The molecular weight excluding hydrogens is 584 g/mol. The van der Waals surface area contributed by atoms with E-state index in [-0.39, 0.29) is 39.5 Å². The summed E-state index contributed by atoms with van der Waals surface area (Å²) >= 11 is 0. The van der Waals surface area contributed by atoms with E-state index in [1.807, 2.05) is 0 Å². The summed E-state index contributed by atoms with van der Waals surface area (Å²) in [4.78, 5) is 12.3. The molecule has 1 fully saturated rings. The van der Waals surface area contributed by atoms with Gasteiger partial charge in [-0.15, -0.1) is 0 Å². The number of hydrogen-bond donors (Lipinski definition) is 9. The van der Waals surface area contributed by atoms with Crippen molar-refractivity contribution in [3.63, 3.8) is 0 Å². The highest BCUT2D eigenvalue weighted by Gasteiger charge is 2.46. The van der Waals surface area contributed by atoms with Crippen molar-refractivity contribution in [2.45, 2.75) is 30.7 Å². The molecule has 2 heterocycles. The van der Waals surface area contributed by atoms with E-state index in [4.69, 9.17) is 18.6 Å². The van der Waals surface area contributed by atoms with Gasteiger partial charge in [0.05, 0.1) is 11.6 Å². The number of esters is 1. The Labute approximate surface area is 247 Å². The predicted molar refractivity (Wildman–Crippen MR) is 150 cm³/mol. The van der Waals surface area contributed by atoms with Gasteiger partial charge in [0.2, 0.25) is 12.0 Å². The fourth-order valence-electron chi connectivity index (χ4n) is 4.44. The Morgan fingerprint density at radius 3 is 2.20 bits per heavy atom. The zero-order valence-corrected chi connectivity index (χ0v) is 22.5. The fraction of sp³-hybridized carbons (Fsp3) is 0.200. The molecule has 0 saturated carbocycles. The number of hydrogen-bond acceptors (Lipinski definition) is 13. The van der Waals surface area contributed by atoms with Crippen LogP contribution in [-0.4, -0.2) is 89.2 Å². The van der Waals surface area contributed by atoms with Crippen LogP contribution >= 0.6 is 0 Å². The zero-order valence-electron chi connectivity index (χ0n) is 22.5. The van der Waals surface area contributed by atoms with Gasteiger partial charge in [-0.3, -0.25) is 0 Å². The summed E-state index contributed by atoms with van der Waals surface area (Å²) in [7, 11) is 0. The lowest BCUT2D eigenvalue weighted by molar-refractivity contribution is -0.278. The Bertz CT molecular complexity index is 1740. The van der Waals surface area contributed by atoms with Gasteiger partial charge in [-0.2, -0.15) is 0 Å². The molecule has 44 heavy (non-hydrogen) atoms. The second kappa shape index (κ2) is 12.1. The highest BCUT2D eigenvalue weighted by Crippen LogP contribution is 2.42. The van der Waals surface area contributed by atoms with Crippen LogP contribution in [-0.2, 0) is 14.3 Å². The average molecular weight is 612 g/mol. The maximum absolute atomic E-state index is 12.3. The van der Waals surface area contributed by atoms with Crippen LogP contribution in [0.2, 0.25) is 0 Å². The Hall–Kier alpha value is -5.28. The van der Waals surface area contributed by atoms with Gasteiger partial charge in [-0.1, -0.05) is 6.07 Å². The molecule has 1 aliphatic heterocycles. The van der Waals surface area contributed by atoms with E-state index in [0.717, 1.165) is 18.2 Å². The third-order valence-electron chi connectivity index (χ3n) is 6.77. The highest BCUT2D eigenvalue weighted by molar-refractivity contribution is 5.89. The van der Waals surface area contributed by atoms with Gasteiger partial charge in [0, 0.05) is 24.3 Å². The molecule has 0 amide bonds. The Balaban J connectivity index is 1.39. The number of carbonyl (C=O) groups is 1. The summed E-state index contributed by atoms with van der Waals surface area (Å²) in [5, 5.41) is 90.8. The van der Waals surface area contributed by atoms with Crippen molar-refractivity contribution in [2.24, 2.45) is 0 Å². The number of aliphatic hydroxyl groups excluding tert-OH is 3. The number of benzene rings is 3. The van der Waals surface area contributed by atoms with Gasteiger partial charge in [0.25, 0.3) is 0 Å². The molecule has 1 aromatic heterocycles. The minimum Gasteiger partial charge on any atom is -0.507 e. The van der Waals surface area contributed by atoms with E-state index < -0.39 is 66.3 Å². The van der Waals surface area contributed by atoms with Crippen LogP contribution < -0.4 is 4.74 Å². The van der Waals surface area contributed by atoms with Gasteiger partial charge in [0.1, 0.15) is 47.9 Å². The first-order chi connectivity index (χ1) is 20.9. The number of ether oxygens (including phenoxy) is 3. The molecule has 1 aliphatic rings. The molecular formula is C30H27O14+. The lowest BCUT2D eigenvalue weighted by Gasteiger charge is -2.39. The van der Waals surface area contributed by atoms with E-state index in [9.17, 15) is 50.8 Å². The van der Waals surface area contributed by atoms with Crippen LogP contribution in [0.3, 0.4) is 0 Å². The third kappa shape index (κ3) is 6.23. The van der Waals surface area contributed by atoms with Crippen LogP contribution in [0, 0.1) is 0 Å². The van der Waals surface area contributed by atoms with Crippen LogP contribution in [0.25, 0.3) is 28.4 Å². The maximum Gasteiger partial charge on any atom is 0.402 e. The molecule has 3 aromatic carbocycles. The number of carbonyl (C=O) groups excluding carboxylic acids is 1. The number of fused-ring (bicyclic) bond motifs is 1. The molecule has 0 spiro atoms. The lowest BCUT2D eigenvalue weighted by Crippen LogP contribution is -2.60. The largest absolute Gasteiger partial charge is 0.507 e. The normalized spacial score (nSPS) is 21.8. The standard InChI is InChI=1S/C30H26O14/c31-15-9-19(34)16-11-23(29(42-22(16)10-15)14-3-5-18(33)21(36)8-14)43-30-28(40)27(39)26(38)24(44-30)12-41-25(37)6-2-13-1-4-17(32)20(35)7-13/h1-11,24,26-28,30,38-40H,12H2,(H5-,31,32,33,34,35,36,37)/p+1/t24-,26-,27+,28-,30-/m1/s1. The van der Waals surface area contributed by atoms with Gasteiger partial charge >= 0.3 is 17.3 Å². The predicted octanol–water partition coefficient (Wildman–Crippen LogP) is 2.06. The molecule has 5 atom stereocenters. The topological polar surface area (TPSA) is 238 Å². The number of phenols is 6. The van der Waals surface area contributed by atoms with E-state index in [1.54, 1.807) is 0 Å². The molecule has 14 heteroatoms. The number of phenolic OH excluding ortho intramolecular Hbond substituents is 6. The van der Waals surface area contributed by atoms with Crippen molar-refractivity contribution in [3.8, 4) is 51.6 Å². The summed E-state index contributed by atoms with van der Waals surface area (Å²) in [5.41, 5.74) is 0.529. The Morgan fingerprint density at radius 1 is 0.795 bits per heavy atom. The molecule has 230 valence electrons. The van der Waals surface area contributed by atoms with Crippen molar-refractivity contribution in [1.29, 1.82) is 0 Å². The molecule has 9 N–H and O–H groups in total. The Kier molecular flexibility index (Phi) is 8.33. The number of aromatic hydroxyl groups is 6. The van der Waals surface area contributed by atoms with Gasteiger partial charge in [0.15, 0.2) is 23.0 Å². The first-order valence-electron chi connectivity index (χ1n) is 13.0. The molecule has 14 nitrogen and oxygen atoms in total. The number of rotatable bonds is 7. The van der Waals surface area contributed by atoms with Crippen molar-refractivity contribution < 1.29 is 69.4 Å².